The van der Waals surface area contributed by atoms with Crippen LogP contribution < -0.4 is 26.8 Å². The number of nitrogens with one attached hydrogen (secondary N) is 2. The number of primary amides is 1. The van der Waals surface area contributed by atoms with E-state index in [0.717, 1.165) is 29.1 Å². The molecule has 0 saturated heterocycles. The van der Waals surface area contributed by atoms with Gasteiger partial charge in [-0.15, -0.1) is 25.5 Å². The molecule has 0 atom stereocenters. The molecular weight excluding hydrogens is 514 g/mol. The zero-order valence-corrected chi connectivity index (χ0v) is 19.3. The van der Waals surface area contributed by atoms with Gasteiger partial charge in [-0.2, -0.15) is 9.49 Å². The summed E-state index contributed by atoms with van der Waals surface area (Å²) in [6.45, 7) is 0.0887. The van der Waals surface area contributed by atoms with Crippen molar-refractivity contribution in [1.82, 2.24) is 14.8 Å². The fraction of sp³-hybridized carbons (Fsp3) is 0.174. The van der Waals surface area contributed by atoms with E-state index in [0.29, 0.717) is 5.56 Å². The van der Waals surface area contributed by atoms with Gasteiger partial charge in [0.15, 0.2) is 5.69 Å². The van der Waals surface area contributed by atoms with Gasteiger partial charge in [0.25, 0.3) is 11.8 Å². The molecule has 0 spiro atoms. The number of halogens is 4. The van der Waals surface area contributed by atoms with Gasteiger partial charge in [0.1, 0.15) is 17.1 Å². The maximum atomic E-state index is 14.3. The summed E-state index contributed by atoms with van der Waals surface area (Å²) in [6.07, 6.45) is 1.27. The Morgan fingerprint density at radius 3 is 2.45 bits per heavy atom. The summed E-state index contributed by atoms with van der Waals surface area (Å²) in [4.78, 5) is 40.4. The van der Waals surface area contributed by atoms with Crippen LogP contribution in [0.2, 0.25) is 0 Å². The van der Waals surface area contributed by atoms with E-state index in [4.69, 9.17) is 17.9 Å². The molecule has 38 heavy (non-hydrogen) atoms. The first-order chi connectivity index (χ1) is 17.9. The normalized spacial score (nSPS) is 10.9. The zero-order chi connectivity index (χ0) is 28.0. The Hall–Kier alpha value is -5.13. The lowest BCUT2D eigenvalue weighted by atomic mass is 10.1. The third kappa shape index (κ3) is 6.97. The number of hydrogen-bond donors (Lipinski definition) is 4. The van der Waals surface area contributed by atoms with E-state index in [2.05, 4.69) is 31.4 Å². The number of ether oxygens (including phenoxy) is 1. The highest BCUT2D eigenvalue weighted by molar-refractivity contribution is 6.12. The van der Waals surface area contributed by atoms with E-state index in [9.17, 15) is 31.9 Å². The molecule has 0 saturated carbocycles. The van der Waals surface area contributed by atoms with E-state index in [1.54, 1.807) is 0 Å². The van der Waals surface area contributed by atoms with E-state index in [1.807, 2.05) is 0 Å². The predicted octanol–water partition coefficient (Wildman–Crippen LogP) is 2.45. The van der Waals surface area contributed by atoms with Crippen molar-refractivity contribution < 1.29 is 36.7 Å². The van der Waals surface area contributed by atoms with E-state index < -0.39 is 47.2 Å². The molecule has 0 aliphatic rings. The molecule has 0 unspecified atom stereocenters. The van der Waals surface area contributed by atoms with Crippen LogP contribution in [-0.4, -0.2) is 38.8 Å². The highest BCUT2D eigenvalue weighted by atomic mass is 19.4. The van der Waals surface area contributed by atoms with Crippen LogP contribution in [0.25, 0.3) is 0 Å². The van der Waals surface area contributed by atoms with Crippen molar-refractivity contribution in [3.05, 3.63) is 59.3 Å². The number of pyridine rings is 1. The van der Waals surface area contributed by atoms with Gasteiger partial charge < -0.3 is 26.8 Å². The number of benzene rings is 1. The van der Waals surface area contributed by atoms with Crippen molar-refractivity contribution in [1.29, 1.82) is 0 Å². The van der Waals surface area contributed by atoms with Gasteiger partial charge >= 0.3 is 6.36 Å². The molecule has 0 fully saturated rings. The number of aryl methyl sites for hydroxylation is 1. The highest BCUT2D eigenvalue weighted by Gasteiger charge is 2.31. The molecule has 0 aliphatic heterocycles. The standard InChI is InChI=1S/C23H19F4N7O4/c1-2-3-8-34-20(28)17(21(29)36)18(33-34)22(37)32-15-10-13(11-30-19(15)24)31-16(35)9-12-4-6-14(7-5-12)38-23(25,26)27/h1,4-7,10-11H,3,8-9,28H2,(H2,29,36)(H,31,35)(H,32,37). The minimum absolute atomic E-state index is 0.0158. The van der Waals surface area contributed by atoms with Crippen LogP contribution in [0.5, 0.6) is 5.75 Å². The number of alkyl halides is 3. The van der Waals surface area contributed by atoms with E-state index in [1.165, 1.54) is 12.1 Å². The molecule has 15 heteroatoms. The highest BCUT2D eigenvalue weighted by Crippen LogP contribution is 2.24. The van der Waals surface area contributed by atoms with Crippen molar-refractivity contribution in [2.75, 3.05) is 16.4 Å². The second-order valence-electron chi connectivity index (χ2n) is 7.58. The van der Waals surface area contributed by atoms with Crippen LogP contribution in [0.1, 0.15) is 32.8 Å². The molecule has 0 radical (unpaired) electrons. The Morgan fingerprint density at radius 1 is 1.16 bits per heavy atom. The number of nitrogens with zero attached hydrogens (tertiary/aromatic N) is 3. The van der Waals surface area contributed by atoms with Crippen LogP contribution in [0.3, 0.4) is 0 Å². The van der Waals surface area contributed by atoms with Crippen molar-refractivity contribution in [2.24, 2.45) is 5.73 Å². The van der Waals surface area contributed by atoms with Gasteiger partial charge in [-0.05, 0) is 23.8 Å². The Balaban J connectivity index is 1.72. The molecule has 3 rings (SSSR count). The van der Waals surface area contributed by atoms with E-state index in [-0.39, 0.29) is 36.5 Å². The molecule has 2 aromatic heterocycles. The molecular formula is C23H19F4N7O4. The number of amides is 3. The molecule has 3 amide bonds. The molecule has 0 bridgehead atoms. The smallest absolute Gasteiger partial charge is 0.406 e. The van der Waals surface area contributed by atoms with Crippen LogP contribution in [0.15, 0.2) is 36.5 Å². The Labute approximate surface area is 212 Å². The average molecular weight is 533 g/mol. The first-order valence-electron chi connectivity index (χ1n) is 10.6. The lowest BCUT2D eigenvalue weighted by molar-refractivity contribution is -0.274. The minimum atomic E-state index is -4.85. The molecule has 6 N–H and O–H groups in total. The number of aromatic nitrogens is 3. The first-order valence-corrected chi connectivity index (χ1v) is 10.6. The molecule has 0 aliphatic carbocycles. The molecule has 2 heterocycles. The maximum absolute atomic E-state index is 14.3. The van der Waals surface area contributed by atoms with Gasteiger partial charge in [-0.25, -0.2) is 9.67 Å². The summed E-state index contributed by atoms with van der Waals surface area (Å²) >= 11 is 0. The third-order valence-electron chi connectivity index (χ3n) is 4.81. The van der Waals surface area contributed by atoms with Gasteiger partial charge in [-0.1, -0.05) is 12.1 Å². The lowest BCUT2D eigenvalue weighted by Crippen LogP contribution is -2.21. The third-order valence-corrected chi connectivity index (χ3v) is 4.81. The van der Waals surface area contributed by atoms with E-state index >= 15 is 0 Å². The van der Waals surface area contributed by atoms with Crippen molar-refractivity contribution in [3.8, 4) is 18.1 Å². The number of nitrogens with two attached hydrogens (primary N) is 2. The Morgan fingerprint density at radius 2 is 1.84 bits per heavy atom. The number of anilines is 3. The zero-order valence-electron chi connectivity index (χ0n) is 19.3. The second-order valence-corrected chi connectivity index (χ2v) is 7.58. The molecule has 1 aromatic carbocycles. The number of nitrogen functional groups attached to an aromatic ring is 1. The topological polar surface area (TPSA) is 167 Å². The van der Waals surface area contributed by atoms with Gasteiger partial charge in [0, 0.05) is 6.42 Å². The van der Waals surface area contributed by atoms with Gasteiger partial charge in [0.05, 0.1) is 30.5 Å². The summed E-state index contributed by atoms with van der Waals surface area (Å²) in [5.74, 6) is -2.10. The molecule has 11 nitrogen and oxygen atoms in total. The van der Waals surface area contributed by atoms with Gasteiger partial charge in [0.2, 0.25) is 11.9 Å². The first kappa shape index (κ1) is 27.5. The monoisotopic (exact) mass is 533 g/mol. The second kappa shape index (κ2) is 11.3. The summed E-state index contributed by atoms with van der Waals surface area (Å²) in [7, 11) is 0. The molecule has 3 aromatic rings. The maximum Gasteiger partial charge on any atom is 0.573 e. The fourth-order valence-electron chi connectivity index (χ4n) is 3.20. The number of rotatable bonds is 9. The predicted molar refractivity (Wildman–Crippen MR) is 126 cm³/mol. The summed E-state index contributed by atoms with van der Waals surface area (Å²) < 4.78 is 56.0. The molecule has 198 valence electrons. The van der Waals surface area contributed by atoms with Crippen LogP contribution in [0.4, 0.5) is 34.8 Å². The number of carbonyl (C=O) groups excluding carboxylic acids is 3. The number of terminal acetylenes is 1. The summed E-state index contributed by atoms with van der Waals surface area (Å²) in [5.41, 5.74) is 10.2. The Bertz CT molecular complexity index is 1410. The summed E-state index contributed by atoms with van der Waals surface area (Å²) in [5, 5.41) is 8.56. The van der Waals surface area contributed by atoms with Crippen LogP contribution >= 0.6 is 0 Å². The van der Waals surface area contributed by atoms with Gasteiger partial charge in [-0.3, -0.25) is 14.4 Å². The van der Waals surface area contributed by atoms with Crippen molar-refractivity contribution in [2.45, 2.75) is 25.7 Å². The quantitative estimate of drug-likeness (QED) is 0.186. The summed E-state index contributed by atoms with van der Waals surface area (Å²) in [6, 6.07) is 5.68. The minimum Gasteiger partial charge on any atom is -0.406 e. The number of hydrogen-bond acceptors (Lipinski definition) is 7. The average Bonchev–Trinajstić information content (AvgIpc) is 3.16. The largest absolute Gasteiger partial charge is 0.573 e. The SMILES string of the molecule is C#CCCn1nc(C(=O)Nc2cc(NC(=O)Cc3ccc(OC(F)(F)F)cc3)cnc2F)c(C(N)=O)c1N. The van der Waals surface area contributed by atoms with Crippen molar-refractivity contribution in [3.63, 3.8) is 0 Å². The van der Waals surface area contributed by atoms with Crippen molar-refractivity contribution >= 4 is 34.9 Å². The Kier molecular flexibility index (Phi) is 8.16. The number of carbonyl (C=O) groups is 3. The van der Waals surface area contributed by atoms with Crippen LogP contribution in [-0.2, 0) is 17.8 Å². The lowest BCUT2D eigenvalue weighted by Gasteiger charge is -2.10. The van der Waals surface area contributed by atoms with Crippen LogP contribution in [0, 0.1) is 18.3 Å². The fourth-order valence-corrected chi connectivity index (χ4v) is 3.20.